The van der Waals surface area contributed by atoms with Crippen molar-refractivity contribution in [1.82, 2.24) is 20.5 Å². The minimum atomic E-state index is -3.34. The highest BCUT2D eigenvalue weighted by atomic mass is 35.5. The van der Waals surface area contributed by atoms with Crippen LogP contribution in [0.3, 0.4) is 0 Å². The molecule has 3 fully saturated rings. The molecule has 206 valence electrons. The number of carbonyl (C=O) groups excluding carboxylic acids is 2. The van der Waals surface area contributed by atoms with Gasteiger partial charge >= 0.3 is 0 Å². The summed E-state index contributed by atoms with van der Waals surface area (Å²) in [5.74, 6) is -0.923. The summed E-state index contributed by atoms with van der Waals surface area (Å²) in [6, 6.07) is 11.7. The normalized spacial score (nSPS) is 23.9. The lowest BCUT2D eigenvalue weighted by atomic mass is 9.94. The van der Waals surface area contributed by atoms with Crippen molar-refractivity contribution in [3.05, 3.63) is 70.4 Å². The smallest absolute Gasteiger partial charge is 0.251 e. The number of sulfone groups is 1. The van der Waals surface area contributed by atoms with Crippen molar-refractivity contribution in [3.8, 4) is 0 Å². The summed E-state index contributed by atoms with van der Waals surface area (Å²) >= 11 is 6.14. The number of nitrogens with zero attached hydrogens (tertiary/aromatic N) is 1. The highest BCUT2D eigenvalue weighted by Crippen LogP contribution is 2.49. The molecule has 10 heteroatoms. The van der Waals surface area contributed by atoms with Crippen LogP contribution in [0.25, 0.3) is 10.9 Å². The number of fused-ring (bicyclic) bond motifs is 1. The van der Waals surface area contributed by atoms with Crippen molar-refractivity contribution in [3.63, 3.8) is 0 Å². The summed E-state index contributed by atoms with van der Waals surface area (Å²) in [7, 11) is -3.34. The molecule has 3 heterocycles. The lowest BCUT2D eigenvalue weighted by Gasteiger charge is -2.32. The van der Waals surface area contributed by atoms with Crippen LogP contribution in [0, 0.1) is 0 Å². The van der Waals surface area contributed by atoms with Gasteiger partial charge in [-0.25, -0.2) is 8.42 Å². The molecule has 3 aromatic rings. The summed E-state index contributed by atoms with van der Waals surface area (Å²) in [5.41, 5.74) is 3.11. The topological polar surface area (TPSA) is 111 Å². The van der Waals surface area contributed by atoms with Gasteiger partial charge in [-0.3, -0.25) is 9.59 Å². The minimum absolute atomic E-state index is 0.0383. The van der Waals surface area contributed by atoms with Gasteiger partial charge in [-0.15, -0.1) is 0 Å². The van der Waals surface area contributed by atoms with E-state index in [2.05, 4.69) is 20.5 Å². The van der Waals surface area contributed by atoms with Gasteiger partial charge in [0.25, 0.3) is 11.8 Å². The van der Waals surface area contributed by atoms with E-state index in [1.165, 1.54) is 44.3 Å². The summed E-state index contributed by atoms with van der Waals surface area (Å²) in [6.45, 7) is 3.40. The molecule has 3 aliphatic rings. The van der Waals surface area contributed by atoms with E-state index >= 15 is 0 Å². The number of rotatable bonds is 7. The molecule has 1 aromatic heterocycles. The average molecular weight is 569 g/mol. The van der Waals surface area contributed by atoms with E-state index in [4.69, 9.17) is 11.6 Å². The largest absolute Gasteiger partial charge is 0.360 e. The molecule has 0 spiro atoms. The number of benzene rings is 2. The van der Waals surface area contributed by atoms with E-state index < -0.39 is 21.9 Å². The molecule has 0 bridgehead atoms. The fourth-order valence-corrected chi connectivity index (χ4v) is 7.93. The number of hydrogen-bond donors (Lipinski definition) is 3. The maximum atomic E-state index is 13.2. The maximum Gasteiger partial charge on any atom is 0.251 e. The SMILES string of the molecule is O=C(NC1CCS(=O)(=O)CC1NC(=O)c1ccc(C2(CN3CCCC3)CC2)cc1)c1ccc2c(Cl)c[nH]c2c1. The van der Waals surface area contributed by atoms with Gasteiger partial charge in [0.2, 0.25) is 0 Å². The van der Waals surface area contributed by atoms with Gasteiger partial charge in [-0.2, -0.15) is 0 Å². The first-order valence-electron chi connectivity index (χ1n) is 13.6. The standard InChI is InChI=1S/C29H33ClN4O4S/c30-23-16-31-25-15-20(5-8-22(23)25)28(36)32-24-9-14-39(37,38)17-26(24)33-27(35)19-3-6-21(7-4-19)29(10-11-29)18-34-12-1-2-13-34/h3-8,15-16,24,26,31H,1-2,9-14,17-18H2,(H,32,36)(H,33,35). The van der Waals surface area contributed by atoms with Crippen LogP contribution in [-0.2, 0) is 15.3 Å². The average Bonchev–Trinajstić information content (AvgIpc) is 3.33. The predicted molar refractivity (Wildman–Crippen MR) is 152 cm³/mol. The van der Waals surface area contributed by atoms with E-state index in [0.717, 1.165) is 17.4 Å². The lowest BCUT2D eigenvalue weighted by molar-refractivity contribution is 0.0885. The van der Waals surface area contributed by atoms with Crippen molar-refractivity contribution in [1.29, 1.82) is 0 Å². The number of H-pyrrole nitrogens is 1. The summed E-state index contributed by atoms with van der Waals surface area (Å²) < 4.78 is 24.9. The highest BCUT2D eigenvalue weighted by Gasteiger charge is 2.45. The quantitative estimate of drug-likeness (QED) is 0.403. The van der Waals surface area contributed by atoms with Gasteiger partial charge in [0, 0.05) is 40.2 Å². The number of hydrogen-bond acceptors (Lipinski definition) is 5. The van der Waals surface area contributed by atoms with Crippen LogP contribution < -0.4 is 10.6 Å². The number of aromatic nitrogens is 1. The number of carbonyl (C=O) groups is 2. The molecule has 2 aliphatic heterocycles. The third kappa shape index (κ3) is 5.58. The Morgan fingerprint density at radius 2 is 1.64 bits per heavy atom. The van der Waals surface area contributed by atoms with E-state index in [9.17, 15) is 18.0 Å². The Morgan fingerprint density at radius 1 is 0.974 bits per heavy atom. The third-order valence-electron chi connectivity index (χ3n) is 8.52. The second-order valence-corrected chi connectivity index (χ2v) is 13.9. The van der Waals surface area contributed by atoms with E-state index in [1.54, 1.807) is 24.4 Å². The Hall–Kier alpha value is -2.88. The maximum absolute atomic E-state index is 13.2. The minimum Gasteiger partial charge on any atom is -0.360 e. The van der Waals surface area contributed by atoms with Crippen LogP contribution in [0.5, 0.6) is 0 Å². The summed E-state index contributed by atoms with van der Waals surface area (Å²) in [5, 5.41) is 7.24. The van der Waals surface area contributed by atoms with Crippen molar-refractivity contribution in [2.24, 2.45) is 0 Å². The van der Waals surface area contributed by atoms with Gasteiger partial charge < -0.3 is 20.5 Å². The van der Waals surface area contributed by atoms with E-state index in [-0.39, 0.29) is 35.2 Å². The third-order valence-corrected chi connectivity index (χ3v) is 10.6. The Kier molecular flexibility index (Phi) is 6.93. The number of halogens is 1. The van der Waals surface area contributed by atoms with Crippen LogP contribution in [0.2, 0.25) is 5.02 Å². The first-order valence-corrected chi connectivity index (χ1v) is 15.8. The zero-order valence-corrected chi connectivity index (χ0v) is 23.3. The fourth-order valence-electron chi connectivity index (χ4n) is 6.06. The Bertz CT molecular complexity index is 1510. The van der Waals surface area contributed by atoms with Gasteiger partial charge in [0.15, 0.2) is 9.84 Å². The first kappa shape index (κ1) is 26.3. The molecule has 3 N–H and O–H groups in total. The molecule has 2 atom stereocenters. The fraction of sp³-hybridized carbons (Fsp3) is 0.448. The Labute approximate surface area is 233 Å². The zero-order valence-electron chi connectivity index (χ0n) is 21.7. The van der Waals surface area contributed by atoms with Gasteiger partial charge in [-0.05, 0) is 75.0 Å². The van der Waals surface area contributed by atoms with Crippen molar-refractivity contribution < 1.29 is 18.0 Å². The van der Waals surface area contributed by atoms with Crippen LogP contribution in [0.1, 0.15) is 58.4 Å². The van der Waals surface area contributed by atoms with Crippen LogP contribution in [0.4, 0.5) is 0 Å². The summed E-state index contributed by atoms with van der Waals surface area (Å²) in [6.07, 6.45) is 6.76. The van der Waals surface area contributed by atoms with Crippen LogP contribution in [-0.4, -0.2) is 73.3 Å². The number of likely N-dealkylation sites (tertiary alicyclic amines) is 1. The van der Waals surface area contributed by atoms with Crippen molar-refractivity contribution in [2.75, 3.05) is 31.1 Å². The van der Waals surface area contributed by atoms with Crippen molar-refractivity contribution in [2.45, 2.75) is 49.6 Å². The molecule has 39 heavy (non-hydrogen) atoms. The molecule has 1 saturated carbocycles. The predicted octanol–water partition coefficient (Wildman–Crippen LogP) is 3.66. The monoisotopic (exact) mass is 568 g/mol. The van der Waals surface area contributed by atoms with Crippen molar-refractivity contribution >= 4 is 44.2 Å². The number of nitrogens with one attached hydrogen (secondary N) is 3. The molecular formula is C29H33ClN4O4S. The van der Waals surface area contributed by atoms with Crippen LogP contribution >= 0.6 is 11.6 Å². The number of amides is 2. The second kappa shape index (κ2) is 10.3. The zero-order chi connectivity index (χ0) is 27.2. The van der Waals surface area contributed by atoms with E-state index in [0.29, 0.717) is 16.1 Å². The molecule has 2 aromatic carbocycles. The molecule has 2 saturated heterocycles. The van der Waals surface area contributed by atoms with Gasteiger partial charge in [0.05, 0.1) is 28.6 Å². The molecule has 0 radical (unpaired) electrons. The number of aromatic amines is 1. The van der Waals surface area contributed by atoms with Gasteiger partial charge in [0.1, 0.15) is 0 Å². The van der Waals surface area contributed by atoms with Gasteiger partial charge in [-0.1, -0.05) is 29.8 Å². The molecular weight excluding hydrogens is 536 g/mol. The second-order valence-electron chi connectivity index (χ2n) is 11.3. The molecule has 2 amide bonds. The first-order chi connectivity index (χ1) is 18.7. The Morgan fingerprint density at radius 3 is 2.36 bits per heavy atom. The molecule has 8 nitrogen and oxygen atoms in total. The lowest BCUT2D eigenvalue weighted by Crippen LogP contribution is -2.58. The molecule has 6 rings (SSSR count). The van der Waals surface area contributed by atoms with E-state index in [1.807, 2.05) is 24.3 Å². The molecule has 2 unspecified atom stereocenters. The van der Waals surface area contributed by atoms with Crippen LogP contribution in [0.15, 0.2) is 48.7 Å². The highest BCUT2D eigenvalue weighted by molar-refractivity contribution is 7.91. The molecule has 1 aliphatic carbocycles. The summed E-state index contributed by atoms with van der Waals surface area (Å²) in [4.78, 5) is 31.8. The Balaban J connectivity index is 1.13.